The Labute approximate surface area is 111 Å². The third kappa shape index (κ3) is 3.87. The van der Waals surface area contributed by atoms with Gasteiger partial charge in [-0.05, 0) is 12.3 Å². The van der Waals surface area contributed by atoms with Crippen molar-refractivity contribution < 1.29 is 9.32 Å². The minimum Gasteiger partial charge on any atom is -0.359 e. The number of amides is 1. The van der Waals surface area contributed by atoms with E-state index in [1.165, 1.54) is 18.7 Å². The first-order valence-electron chi connectivity index (χ1n) is 6.13. The minimum atomic E-state index is -0.234. The van der Waals surface area contributed by atoms with Crippen LogP contribution in [0.2, 0.25) is 0 Å². The molecular formula is C13H16N4O2. The summed E-state index contributed by atoms with van der Waals surface area (Å²) in [6.45, 7) is 4.54. The number of nitrogens with zero attached hydrogens (tertiary/aromatic N) is 3. The van der Waals surface area contributed by atoms with E-state index in [1.54, 1.807) is 0 Å². The molecule has 0 spiro atoms. The zero-order valence-electron chi connectivity index (χ0n) is 11.0. The fourth-order valence-corrected chi connectivity index (χ4v) is 1.64. The summed E-state index contributed by atoms with van der Waals surface area (Å²) in [5, 5.41) is 6.69. The van der Waals surface area contributed by atoms with Crippen LogP contribution >= 0.6 is 0 Å². The molecule has 0 saturated carbocycles. The molecule has 1 N–H and O–H groups in total. The van der Waals surface area contributed by atoms with Gasteiger partial charge in [-0.15, -0.1) is 0 Å². The van der Waals surface area contributed by atoms with Gasteiger partial charge < -0.3 is 9.84 Å². The normalized spacial score (nSPS) is 10.7. The molecule has 2 heterocycles. The summed E-state index contributed by atoms with van der Waals surface area (Å²) in [6, 6.07) is 1.86. The Morgan fingerprint density at radius 3 is 2.79 bits per heavy atom. The molecule has 6 heteroatoms. The lowest BCUT2D eigenvalue weighted by molar-refractivity contribution is 0.0946. The molecule has 2 aromatic heterocycles. The Hall–Kier alpha value is -2.24. The summed E-state index contributed by atoms with van der Waals surface area (Å²) < 4.78 is 5.16. The summed E-state index contributed by atoms with van der Waals surface area (Å²) in [5.41, 5.74) is 1.33. The summed E-state index contributed by atoms with van der Waals surface area (Å²) in [6.07, 6.45) is 5.18. The predicted molar refractivity (Wildman–Crippen MR) is 68.2 cm³/mol. The Bertz CT molecular complexity index is 537. The first kappa shape index (κ1) is 13.2. The SMILES string of the molecule is CC(C)Cc1cc(CNC(=O)c2cncnc2)on1. The van der Waals surface area contributed by atoms with Gasteiger partial charge >= 0.3 is 0 Å². The first-order valence-corrected chi connectivity index (χ1v) is 6.13. The van der Waals surface area contributed by atoms with E-state index in [0.717, 1.165) is 12.1 Å². The monoisotopic (exact) mass is 260 g/mol. The molecule has 0 unspecified atom stereocenters. The van der Waals surface area contributed by atoms with Crippen LogP contribution in [0.25, 0.3) is 0 Å². The van der Waals surface area contributed by atoms with Crippen LogP contribution in [0.3, 0.4) is 0 Å². The molecule has 6 nitrogen and oxygen atoms in total. The third-order valence-corrected chi connectivity index (χ3v) is 2.47. The number of carbonyl (C=O) groups excluding carboxylic acids is 1. The number of carbonyl (C=O) groups is 1. The van der Waals surface area contributed by atoms with E-state index >= 15 is 0 Å². The van der Waals surface area contributed by atoms with Crippen molar-refractivity contribution in [2.75, 3.05) is 0 Å². The topological polar surface area (TPSA) is 80.9 Å². The van der Waals surface area contributed by atoms with Crippen molar-refractivity contribution in [3.8, 4) is 0 Å². The molecular weight excluding hydrogens is 244 g/mol. The number of aromatic nitrogens is 3. The average molecular weight is 260 g/mol. The highest BCUT2D eigenvalue weighted by atomic mass is 16.5. The van der Waals surface area contributed by atoms with Crippen LogP contribution in [0.4, 0.5) is 0 Å². The molecule has 0 aliphatic rings. The van der Waals surface area contributed by atoms with Crippen LogP contribution in [-0.2, 0) is 13.0 Å². The van der Waals surface area contributed by atoms with Crippen molar-refractivity contribution in [2.45, 2.75) is 26.8 Å². The standard InChI is InChI=1S/C13H16N4O2/c1-9(2)3-11-4-12(19-17-11)7-16-13(18)10-5-14-8-15-6-10/h4-6,8-9H,3,7H2,1-2H3,(H,16,18). The van der Waals surface area contributed by atoms with Gasteiger partial charge in [0.15, 0.2) is 5.76 Å². The number of hydrogen-bond acceptors (Lipinski definition) is 5. The van der Waals surface area contributed by atoms with Crippen LogP contribution in [0, 0.1) is 5.92 Å². The van der Waals surface area contributed by atoms with Crippen LogP contribution < -0.4 is 5.32 Å². The number of nitrogens with one attached hydrogen (secondary N) is 1. The van der Waals surface area contributed by atoms with Gasteiger partial charge in [0.1, 0.15) is 6.33 Å². The van der Waals surface area contributed by atoms with E-state index in [9.17, 15) is 4.79 Å². The van der Waals surface area contributed by atoms with E-state index in [0.29, 0.717) is 23.8 Å². The van der Waals surface area contributed by atoms with Crippen molar-refractivity contribution in [3.63, 3.8) is 0 Å². The van der Waals surface area contributed by atoms with Gasteiger partial charge in [0.2, 0.25) is 0 Å². The molecule has 2 aromatic rings. The number of rotatable bonds is 5. The Morgan fingerprint density at radius 1 is 1.37 bits per heavy atom. The molecule has 0 aliphatic heterocycles. The van der Waals surface area contributed by atoms with Gasteiger partial charge in [0.25, 0.3) is 5.91 Å². The first-order chi connectivity index (χ1) is 9.15. The lowest BCUT2D eigenvalue weighted by Gasteiger charge is -2.01. The fraction of sp³-hybridized carbons (Fsp3) is 0.385. The highest BCUT2D eigenvalue weighted by Gasteiger charge is 2.09. The van der Waals surface area contributed by atoms with Crippen LogP contribution in [-0.4, -0.2) is 21.0 Å². The number of hydrogen-bond donors (Lipinski definition) is 1. The van der Waals surface area contributed by atoms with Crippen molar-refractivity contribution in [1.29, 1.82) is 0 Å². The van der Waals surface area contributed by atoms with Crippen LogP contribution in [0.15, 0.2) is 29.3 Å². The molecule has 0 fully saturated rings. The average Bonchev–Trinajstić information content (AvgIpc) is 2.84. The second kappa shape index (κ2) is 6.08. The van der Waals surface area contributed by atoms with E-state index in [2.05, 4.69) is 34.3 Å². The maximum absolute atomic E-state index is 11.7. The zero-order chi connectivity index (χ0) is 13.7. The summed E-state index contributed by atoms with van der Waals surface area (Å²) in [7, 11) is 0. The predicted octanol–water partition coefficient (Wildman–Crippen LogP) is 1.59. The maximum Gasteiger partial charge on any atom is 0.254 e. The van der Waals surface area contributed by atoms with Crippen molar-refractivity contribution in [3.05, 3.63) is 41.8 Å². The Morgan fingerprint density at radius 2 is 2.11 bits per heavy atom. The molecule has 19 heavy (non-hydrogen) atoms. The van der Waals surface area contributed by atoms with Gasteiger partial charge in [-0.3, -0.25) is 4.79 Å². The van der Waals surface area contributed by atoms with Gasteiger partial charge in [-0.2, -0.15) is 0 Å². The Kier molecular flexibility index (Phi) is 4.22. The minimum absolute atomic E-state index is 0.234. The lowest BCUT2D eigenvalue weighted by Crippen LogP contribution is -2.22. The van der Waals surface area contributed by atoms with Gasteiger partial charge in [-0.1, -0.05) is 19.0 Å². The molecule has 0 saturated heterocycles. The molecule has 1 amide bonds. The van der Waals surface area contributed by atoms with E-state index in [4.69, 9.17) is 4.52 Å². The van der Waals surface area contributed by atoms with Crippen LogP contribution in [0.5, 0.6) is 0 Å². The second-order valence-corrected chi connectivity index (χ2v) is 4.69. The molecule has 0 aliphatic carbocycles. The second-order valence-electron chi connectivity index (χ2n) is 4.69. The quantitative estimate of drug-likeness (QED) is 0.883. The molecule has 0 bridgehead atoms. The Balaban J connectivity index is 1.89. The van der Waals surface area contributed by atoms with E-state index in [1.807, 2.05) is 6.07 Å². The molecule has 0 radical (unpaired) electrons. The van der Waals surface area contributed by atoms with E-state index < -0.39 is 0 Å². The maximum atomic E-state index is 11.7. The van der Waals surface area contributed by atoms with Gasteiger partial charge in [0, 0.05) is 18.5 Å². The molecule has 100 valence electrons. The van der Waals surface area contributed by atoms with Crippen molar-refractivity contribution in [2.24, 2.45) is 5.92 Å². The van der Waals surface area contributed by atoms with E-state index in [-0.39, 0.29) is 5.91 Å². The summed E-state index contributed by atoms with van der Waals surface area (Å²) in [4.78, 5) is 19.3. The van der Waals surface area contributed by atoms with Crippen LogP contribution in [0.1, 0.15) is 35.7 Å². The molecule has 0 atom stereocenters. The van der Waals surface area contributed by atoms with Crippen molar-refractivity contribution >= 4 is 5.91 Å². The van der Waals surface area contributed by atoms with Gasteiger partial charge in [-0.25, -0.2) is 9.97 Å². The van der Waals surface area contributed by atoms with Crippen molar-refractivity contribution in [1.82, 2.24) is 20.4 Å². The molecule has 2 rings (SSSR count). The third-order valence-electron chi connectivity index (χ3n) is 2.47. The summed E-state index contributed by atoms with van der Waals surface area (Å²) >= 11 is 0. The smallest absolute Gasteiger partial charge is 0.254 e. The summed E-state index contributed by atoms with van der Waals surface area (Å²) in [5.74, 6) is 0.928. The van der Waals surface area contributed by atoms with Gasteiger partial charge in [0.05, 0.1) is 17.8 Å². The highest BCUT2D eigenvalue weighted by molar-refractivity contribution is 5.93. The fourth-order valence-electron chi connectivity index (χ4n) is 1.64. The largest absolute Gasteiger partial charge is 0.359 e. The zero-order valence-corrected chi connectivity index (χ0v) is 11.0. The highest BCUT2D eigenvalue weighted by Crippen LogP contribution is 2.09. The molecule has 0 aromatic carbocycles. The lowest BCUT2D eigenvalue weighted by atomic mass is 10.1.